The molecule has 2 atom stereocenters. The predicted molar refractivity (Wildman–Crippen MR) is 80.2 cm³/mol. The summed E-state index contributed by atoms with van der Waals surface area (Å²) in [5, 5.41) is 9.13. The number of rotatable bonds is 4. The number of carbonyl (C=O) groups is 1. The number of hydrogen-bond acceptors (Lipinski definition) is 3. The van der Waals surface area contributed by atoms with Crippen LogP contribution in [0.3, 0.4) is 0 Å². The first-order valence-corrected chi connectivity index (χ1v) is 8.75. The molecule has 0 aromatic heterocycles. The maximum absolute atomic E-state index is 13.5. The van der Waals surface area contributed by atoms with Gasteiger partial charge in [0.15, 0.2) is 0 Å². The summed E-state index contributed by atoms with van der Waals surface area (Å²) in [4.78, 5) is 11.1. The van der Waals surface area contributed by atoms with Gasteiger partial charge in [-0.05, 0) is 36.5 Å². The van der Waals surface area contributed by atoms with Gasteiger partial charge < -0.3 is 5.11 Å². The minimum absolute atomic E-state index is 0.0145. The summed E-state index contributed by atoms with van der Waals surface area (Å²) in [6, 6.07) is 4.34. The van der Waals surface area contributed by atoms with Crippen LogP contribution in [-0.4, -0.2) is 36.9 Å². The van der Waals surface area contributed by atoms with Gasteiger partial charge in [0.25, 0.3) is 0 Å². The van der Waals surface area contributed by atoms with E-state index in [0.29, 0.717) is 24.1 Å². The van der Waals surface area contributed by atoms with Crippen LogP contribution in [0, 0.1) is 24.6 Å². The Balaban J connectivity index is 2.18. The van der Waals surface area contributed by atoms with Gasteiger partial charge in [0.1, 0.15) is 5.82 Å². The number of benzene rings is 1. The molecule has 1 fully saturated rings. The number of sulfonamides is 1. The lowest BCUT2D eigenvalue weighted by molar-refractivity contribution is -0.143. The van der Waals surface area contributed by atoms with Gasteiger partial charge in [0, 0.05) is 13.1 Å². The second kappa shape index (κ2) is 6.34. The average molecular weight is 329 g/mol. The van der Waals surface area contributed by atoms with E-state index >= 15 is 0 Å². The summed E-state index contributed by atoms with van der Waals surface area (Å²) in [5.41, 5.74) is 0.826. The fourth-order valence-electron chi connectivity index (χ4n) is 2.74. The van der Waals surface area contributed by atoms with E-state index in [0.717, 1.165) is 0 Å². The molecule has 1 aliphatic heterocycles. The molecular weight excluding hydrogens is 309 g/mol. The molecule has 0 saturated carbocycles. The molecule has 0 bridgehead atoms. The van der Waals surface area contributed by atoms with Gasteiger partial charge in [-0.2, -0.15) is 0 Å². The minimum Gasteiger partial charge on any atom is -0.481 e. The van der Waals surface area contributed by atoms with Gasteiger partial charge >= 0.3 is 5.97 Å². The van der Waals surface area contributed by atoms with Crippen LogP contribution in [-0.2, 0) is 20.6 Å². The van der Waals surface area contributed by atoms with Crippen molar-refractivity contribution < 1.29 is 22.7 Å². The van der Waals surface area contributed by atoms with Crippen molar-refractivity contribution in [3.8, 4) is 0 Å². The quantitative estimate of drug-likeness (QED) is 0.917. The van der Waals surface area contributed by atoms with Crippen molar-refractivity contribution in [3.05, 3.63) is 35.1 Å². The Kier molecular flexibility index (Phi) is 4.87. The first-order valence-electron chi connectivity index (χ1n) is 7.14. The topological polar surface area (TPSA) is 74.7 Å². The number of carboxylic acid groups (broad SMARTS) is 1. The van der Waals surface area contributed by atoms with Crippen molar-refractivity contribution >= 4 is 16.0 Å². The van der Waals surface area contributed by atoms with Gasteiger partial charge in [0.2, 0.25) is 10.0 Å². The van der Waals surface area contributed by atoms with E-state index in [9.17, 15) is 17.6 Å². The van der Waals surface area contributed by atoms with Crippen LogP contribution in [0.4, 0.5) is 4.39 Å². The number of nitrogens with zero attached hydrogens (tertiary/aromatic N) is 1. The lowest BCUT2D eigenvalue weighted by atomic mass is 9.92. The molecule has 0 amide bonds. The second-order valence-corrected chi connectivity index (χ2v) is 8.00. The highest BCUT2D eigenvalue weighted by molar-refractivity contribution is 7.88. The van der Waals surface area contributed by atoms with Crippen molar-refractivity contribution in [2.24, 2.45) is 11.8 Å². The molecule has 2 rings (SSSR count). The van der Waals surface area contributed by atoms with E-state index in [1.807, 2.05) is 6.92 Å². The predicted octanol–water partition coefficient (Wildman–Crippen LogP) is 2.01. The SMILES string of the molecule is Cc1ccc(CS(=O)(=O)N2CC(C)CC(C(=O)O)C2)cc1F. The zero-order chi connectivity index (χ0) is 16.5. The van der Waals surface area contributed by atoms with Crippen LogP contribution in [0.2, 0.25) is 0 Å². The molecule has 5 nitrogen and oxygen atoms in total. The number of halogens is 1. The molecule has 0 spiro atoms. The van der Waals surface area contributed by atoms with E-state index in [1.54, 1.807) is 19.1 Å². The summed E-state index contributed by atoms with van der Waals surface area (Å²) in [5.74, 6) is -2.44. The fraction of sp³-hybridized carbons (Fsp3) is 0.533. The fourth-order valence-corrected chi connectivity index (χ4v) is 4.41. The van der Waals surface area contributed by atoms with Crippen molar-refractivity contribution in [1.29, 1.82) is 0 Å². The van der Waals surface area contributed by atoms with Crippen LogP contribution in [0.1, 0.15) is 24.5 Å². The van der Waals surface area contributed by atoms with Crippen molar-refractivity contribution in [2.45, 2.75) is 26.0 Å². The molecule has 1 N–H and O–H groups in total. The zero-order valence-electron chi connectivity index (χ0n) is 12.6. The van der Waals surface area contributed by atoms with Crippen LogP contribution in [0.5, 0.6) is 0 Å². The standard InChI is InChI=1S/C15H20FNO4S/c1-10-5-13(15(18)19)8-17(7-10)22(20,21)9-12-4-3-11(2)14(16)6-12/h3-4,6,10,13H,5,7-9H2,1-2H3,(H,18,19). The van der Waals surface area contributed by atoms with Gasteiger partial charge in [-0.15, -0.1) is 0 Å². The van der Waals surface area contributed by atoms with Crippen LogP contribution < -0.4 is 0 Å². The van der Waals surface area contributed by atoms with E-state index < -0.39 is 27.7 Å². The molecule has 0 radical (unpaired) electrons. The molecule has 1 aromatic carbocycles. The van der Waals surface area contributed by atoms with Crippen LogP contribution >= 0.6 is 0 Å². The first kappa shape index (κ1) is 16.9. The smallest absolute Gasteiger partial charge is 0.307 e. The molecule has 122 valence electrons. The number of aliphatic carboxylic acids is 1. The summed E-state index contributed by atoms with van der Waals surface area (Å²) >= 11 is 0. The average Bonchev–Trinajstić information content (AvgIpc) is 2.42. The molecule has 7 heteroatoms. The molecule has 1 aliphatic rings. The molecular formula is C15H20FNO4S. The van der Waals surface area contributed by atoms with Gasteiger partial charge in [-0.25, -0.2) is 17.1 Å². The summed E-state index contributed by atoms with van der Waals surface area (Å²) in [6.07, 6.45) is 0.473. The highest BCUT2D eigenvalue weighted by Gasteiger charge is 2.35. The monoisotopic (exact) mass is 329 g/mol. The van der Waals surface area contributed by atoms with Gasteiger partial charge in [0.05, 0.1) is 11.7 Å². The highest BCUT2D eigenvalue weighted by Crippen LogP contribution is 2.25. The molecule has 1 aromatic rings. The van der Waals surface area contributed by atoms with Crippen LogP contribution in [0.15, 0.2) is 18.2 Å². The Hall–Kier alpha value is -1.47. The molecule has 22 heavy (non-hydrogen) atoms. The summed E-state index contributed by atoms with van der Waals surface area (Å²) in [6.45, 7) is 3.73. The Bertz CT molecular complexity index is 674. The van der Waals surface area contributed by atoms with E-state index in [1.165, 1.54) is 10.4 Å². The summed E-state index contributed by atoms with van der Waals surface area (Å²) < 4.78 is 39.7. The molecule has 1 saturated heterocycles. The van der Waals surface area contributed by atoms with E-state index in [2.05, 4.69) is 0 Å². The third kappa shape index (κ3) is 3.84. The third-order valence-corrected chi connectivity index (χ3v) is 5.74. The van der Waals surface area contributed by atoms with Crippen LogP contribution in [0.25, 0.3) is 0 Å². The lowest BCUT2D eigenvalue weighted by Gasteiger charge is -2.33. The molecule has 2 unspecified atom stereocenters. The van der Waals surface area contributed by atoms with Crippen molar-refractivity contribution in [3.63, 3.8) is 0 Å². The Labute approximate surface area is 129 Å². The Morgan fingerprint density at radius 3 is 2.68 bits per heavy atom. The minimum atomic E-state index is -3.66. The number of carboxylic acids is 1. The maximum Gasteiger partial charge on any atom is 0.307 e. The van der Waals surface area contributed by atoms with Crippen molar-refractivity contribution in [1.82, 2.24) is 4.31 Å². The largest absolute Gasteiger partial charge is 0.481 e. The Morgan fingerprint density at radius 1 is 1.41 bits per heavy atom. The lowest BCUT2D eigenvalue weighted by Crippen LogP contribution is -2.45. The Morgan fingerprint density at radius 2 is 2.09 bits per heavy atom. The highest BCUT2D eigenvalue weighted by atomic mass is 32.2. The van der Waals surface area contributed by atoms with Crippen molar-refractivity contribution in [2.75, 3.05) is 13.1 Å². The first-order chi connectivity index (χ1) is 10.2. The normalized spacial score (nSPS) is 23.4. The summed E-state index contributed by atoms with van der Waals surface area (Å²) in [7, 11) is -3.66. The third-order valence-electron chi connectivity index (χ3n) is 3.95. The number of hydrogen-bond donors (Lipinski definition) is 1. The second-order valence-electron chi connectivity index (χ2n) is 6.03. The maximum atomic E-state index is 13.5. The van der Waals surface area contributed by atoms with E-state index in [-0.39, 0.29) is 18.2 Å². The van der Waals surface area contributed by atoms with Gasteiger partial charge in [-0.3, -0.25) is 4.79 Å². The molecule has 1 heterocycles. The molecule has 0 aliphatic carbocycles. The van der Waals surface area contributed by atoms with E-state index in [4.69, 9.17) is 5.11 Å². The number of piperidine rings is 1. The van der Waals surface area contributed by atoms with Gasteiger partial charge in [-0.1, -0.05) is 19.1 Å². The number of aryl methyl sites for hydroxylation is 1. The zero-order valence-corrected chi connectivity index (χ0v) is 13.4.